The second-order valence-electron chi connectivity index (χ2n) is 3.75. The third kappa shape index (κ3) is 3.30. The van der Waals surface area contributed by atoms with Crippen molar-refractivity contribution in [1.29, 1.82) is 0 Å². The summed E-state index contributed by atoms with van der Waals surface area (Å²) in [5.74, 6) is 0. The van der Waals surface area contributed by atoms with Crippen LogP contribution in [0.3, 0.4) is 0 Å². The molecular weight excluding hydrogens is 254 g/mol. The van der Waals surface area contributed by atoms with Crippen LogP contribution in [0.5, 0.6) is 0 Å². The number of halogens is 1. The van der Waals surface area contributed by atoms with Gasteiger partial charge in [0.2, 0.25) is 0 Å². The molecule has 1 rings (SSSR count). The molecule has 1 aromatic carbocycles. The predicted molar refractivity (Wildman–Crippen MR) is 67.5 cm³/mol. The van der Waals surface area contributed by atoms with E-state index >= 15 is 0 Å². The van der Waals surface area contributed by atoms with Crippen LogP contribution in [-0.2, 0) is 11.9 Å². The summed E-state index contributed by atoms with van der Waals surface area (Å²) in [6.07, 6.45) is 0. The molecule has 15 heavy (non-hydrogen) atoms. The van der Waals surface area contributed by atoms with Crippen molar-refractivity contribution in [3.8, 4) is 0 Å². The van der Waals surface area contributed by atoms with Crippen LogP contribution in [0.2, 0.25) is 0 Å². The van der Waals surface area contributed by atoms with Crippen LogP contribution in [-0.4, -0.2) is 17.7 Å². The summed E-state index contributed by atoms with van der Waals surface area (Å²) in [6, 6.07) is 8.13. The zero-order chi connectivity index (χ0) is 11.3. The van der Waals surface area contributed by atoms with E-state index < -0.39 is 0 Å². The molecule has 1 aromatic rings. The summed E-state index contributed by atoms with van der Waals surface area (Å²) < 4.78 is -0.135. The SMILES string of the molecule is CC[N+]([O-])(CC)Cc1ccccc1CBr. The van der Waals surface area contributed by atoms with Crippen LogP contribution in [0.1, 0.15) is 25.0 Å². The lowest BCUT2D eigenvalue weighted by Gasteiger charge is -2.41. The highest BCUT2D eigenvalue weighted by molar-refractivity contribution is 9.08. The molecule has 0 aromatic heterocycles. The van der Waals surface area contributed by atoms with E-state index in [2.05, 4.69) is 22.0 Å². The van der Waals surface area contributed by atoms with Crippen LogP contribution >= 0.6 is 15.9 Å². The van der Waals surface area contributed by atoms with Crippen molar-refractivity contribution >= 4 is 15.9 Å². The third-order valence-electron chi connectivity index (χ3n) is 2.87. The first kappa shape index (κ1) is 12.7. The molecule has 0 saturated carbocycles. The van der Waals surface area contributed by atoms with Crippen molar-refractivity contribution in [1.82, 2.24) is 0 Å². The van der Waals surface area contributed by atoms with Gasteiger partial charge >= 0.3 is 0 Å². The molecule has 3 heteroatoms. The van der Waals surface area contributed by atoms with Crippen molar-refractivity contribution < 1.29 is 4.65 Å². The van der Waals surface area contributed by atoms with Gasteiger partial charge in [-0.3, -0.25) is 0 Å². The highest BCUT2D eigenvalue weighted by atomic mass is 79.9. The van der Waals surface area contributed by atoms with Crippen molar-refractivity contribution in [3.63, 3.8) is 0 Å². The van der Waals surface area contributed by atoms with E-state index in [4.69, 9.17) is 0 Å². The molecule has 0 N–H and O–H groups in total. The van der Waals surface area contributed by atoms with Crippen molar-refractivity contribution in [2.24, 2.45) is 0 Å². The first-order valence-electron chi connectivity index (χ1n) is 5.35. The van der Waals surface area contributed by atoms with E-state index in [1.165, 1.54) is 5.56 Å². The molecule has 0 aliphatic heterocycles. The first-order valence-corrected chi connectivity index (χ1v) is 6.47. The summed E-state index contributed by atoms with van der Waals surface area (Å²) in [6.45, 7) is 5.75. The van der Waals surface area contributed by atoms with Crippen LogP contribution in [0.25, 0.3) is 0 Å². The van der Waals surface area contributed by atoms with Gasteiger partial charge in [0.05, 0.1) is 13.1 Å². The van der Waals surface area contributed by atoms with E-state index in [1.807, 2.05) is 32.0 Å². The monoisotopic (exact) mass is 271 g/mol. The molecule has 0 fully saturated rings. The van der Waals surface area contributed by atoms with Gasteiger partial charge in [0.1, 0.15) is 6.54 Å². The second-order valence-corrected chi connectivity index (χ2v) is 4.31. The molecule has 0 atom stereocenters. The highest BCUT2D eigenvalue weighted by Crippen LogP contribution is 2.18. The Hall–Kier alpha value is -0.380. The second kappa shape index (κ2) is 5.64. The smallest absolute Gasteiger partial charge is 0.104 e. The summed E-state index contributed by atoms with van der Waals surface area (Å²) in [5.41, 5.74) is 2.38. The maximum absolute atomic E-state index is 12.2. The van der Waals surface area contributed by atoms with Gasteiger partial charge in [-0.1, -0.05) is 40.2 Å². The summed E-state index contributed by atoms with van der Waals surface area (Å²) in [7, 11) is 0. The fourth-order valence-electron chi connectivity index (χ4n) is 1.60. The molecule has 0 saturated heterocycles. The summed E-state index contributed by atoms with van der Waals surface area (Å²) >= 11 is 3.45. The van der Waals surface area contributed by atoms with Crippen molar-refractivity contribution in [2.45, 2.75) is 25.7 Å². The number of benzene rings is 1. The fourth-order valence-corrected chi connectivity index (χ4v) is 2.15. The Labute approximate surface area is 100 Å². The molecule has 84 valence electrons. The zero-order valence-electron chi connectivity index (χ0n) is 9.37. The molecule has 0 radical (unpaired) electrons. The molecule has 0 heterocycles. The Morgan fingerprint density at radius 1 is 1.13 bits per heavy atom. The fraction of sp³-hybridized carbons (Fsp3) is 0.500. The van der Waals surface area contributed by atoms with Gasteiger partial charge < -0.3 is 9.85 Å². The molecule has 0 amide bonds. The van der Waals surface area contributed by atoms with Gasteiger partial charge in [-0.2, -0.15) is 0 Å². The maximum atomic E-state index is 12.2. The molecule has 0 aliphatic carbocycles. The molecule has 0 bridgehead atoms. The number of quaternary nitrogens is 1. The average Bonchev–Trinajstić information content (AvgIpc) is 2.29. The quantitative estimate of drug-likeness (QED) is 0.457. The molecule has 0 unspecified atom stereocenters. The predicted octanol–water partition coefficient (Wildman–Crippen LogP) is 3.44. The van der Waals surface area contributed by atoms with E-state index in [9.17, 15) is 5.21 Å². The van der Waals surface area contributed by atoms with E-state index in [1.54, 1.807) is 0 Å². The number of alkyl halides is 1. The number of hydroxylamine groups is 3. The minimum absolute atomic E-state index is 0.135. The standard InChI is InChI=1S/C12H18BrNO/c1-3-14(15,4-2)10-12-8-6-5-7-11(12)9-13/h5-8H,3-4,9-10H2,1-2H3. The van der Waals surface area contributed by atoms with Crippen LogP contribution in [0.4, 0.5) is 0 Å². The lowest BCUT2D eigenvalue weighted by molar-refractivity contribution is -0.890. The van der Waals surface area contributed by atoms with Crippen LogP contribution in [0.15, 0.2) is 24.3 Å². The Kier molecular flexibility index (Phi) is 4.77. The summed E-state index contributed by atoms with van der Waals surface area (Å²) in [5, 5.41) is 13.0. The van der Waals surface area contributed by atoms with Crippen LogP contribution < -0.4 is 0 Å². The van der Waals surface area contributed by atoms with Gasteiger partial charge in [0.15, 0.2) is 0 Å². The molecule has 0 spiro atoms. The van der Waals surface area contributed by atoms with Crippen LogP contribution in [0, 0.1) is 5.21 Å². The van der Waals surface area contributed by atoms with Gasteiger partial charge in [-0.05, 0) is 19.4 Å². The maximum Gasteiger partial charge on any atom is 0.104 e. The van der Waals surface area contributed by atoms with Gasteiger partial charge in [-0.25, -0.2) is 0 Å². The van der Waals surface area contributed by atoms with E-state index in [0.29, 0.717) is 19.6 Å². The normalized spacial score (nSPS) is 11.7. The topological polar surface area (TPSA) is 23.1 Å². The van der Waals surface area contributed by atoms with Crippen molar-refractivity contribution in [2.75, 3.05) is 13.1 Å². The lowest BCUT2D eigenvalue weighted by atomic mass is 10.1. The Morgan fingerprint density at radius 3 is 2.13 bits per heavy atom. The number of hydrogen-bond acceptors (Lipinski definition) is 1. The number of hydrogen-bond donors (Lipinski definition) is 0. The van der Waals surface area contributed by atoms with E-state index in [0.717, 1.165) is 10.9 Å². The number of rotatable bonds is 5. The lowest BCUT2D eigenvalue weighted by Crippen LogP contribution is -2.40. The zero-order valence-corrected chi connectivity index (χ0v) is 11.0. The average molecular weight is 272 g/mol. The first-order chi connectivity index (χ1) is 7.15. The molecular formula is C12H18BrNO. The minimum Gasteiger partial charge on any atom is -0.633 e. The minimum atomic E-state index is -0.135. The van der Waals surface area contributed by atoms with Gasteiger partial charge in [0, 0.05) is 10.9 Å². The highest BCUT2D eigenvalue weighted by Gasteiger charge is 2.14. The molecule has 0 aliphatic rings. The Bertz CT molecular complexity index is 310. The van der Waals surface area contributed by atoms with Gasteiger partial charge in [-0.15, -0.1) is 0 Å². The van der Waals surface area contributed by atoms with Gasteiger partial charge in [0.25, 0.3) is 0 Å². The third-order valence-corrected chi connectivity index (χ3v) is 3.48. The number of nitrogens with zero attached hydrogens (tertiary/aromatic N) is 1. The largest absolute Gasteiger partial charge is 0.633 e. The van der Waals surface area contributed by atoms with E-state index in [-0.39, 0.29) is 4.65 Å². The Balaban J connectivity index is 2.87. The van der Waals surface area contributed by atoms with Crippen molar-refractivity contribution in [3.05, 3.63) is 40.6 Å². The summed E-state index contributed by atoms with van der Waals surface area (Å²) in [4.78, 5) is 0. The Morgan fingerprint density at radius 2 is 1.67 bits per heavy atom. The molecule has 2 nitrogen and oxygen atoms in total.